The summed E-state index contributed by atoms with van der Waals surface area (Å²) in [5, 5.41) is 10.6. The first kappa shape index (κ1) is 20.5. The molecule has 0 aromatic carbocycles. The van der Waals surface area contributed by atoms with Crippen molar-refractivity contribution in [3.63, 3.8) is 0 Å². The smallest absolute Gasteiger partial charge is 0.411 e. The van der Waals surface area contributed by atoms with Gasteiger partial charge in [0.25, 0.3) is 0 Å². The summed E-state index contributed by atoms with van der Waals surface area (Å²) in [6, 6.07) is -1.96. The molecule has 0 fully saturated rings. The molecule has 3 N–H and O–H groups in total. The van der Waals surface area contributed by atoms with E-state index >= 15 is 0 Å². The van der Waals surface area contributed by atoms with Crippen LogP contribution >= 0.6 is 0 Å². The van der Waals surface area contributed by atoms with Crippen LogP contribution in [0.3, 0.4) is 0 Å². The van der Waals surface area contributed by atoms with E-state index < -0.39 is 18.6 Å². The second-order valence-electron chi connectivity index (χ2n) is 5.08. The number of nitrogens with one attached hydrogen (secondary N) is 1. The molecule has 0 aliphatic carbocycles. The minimum atomic E-state index is -4.53. The molecular formula is C14H21F3N6O2. The van der Waals surface area contributed by atoms with E-state index in [2.05, 4.69) is 20.5 Å². The molecule has 8 nitrogen and oxygen atoms in total. The largest absolute Gasteiger partial charge is 0.477 e. The van der Waals surface area contributed by atoms with Gasteiger partial charge in [-0.15, -0.1) is 10.2 Å². The maximum absolute atomic E-state index is 13.1. The zero-order valence-electron chi connectivity index (χ0n) is 14.1. The fraction of sp³-hybridized carbons (Fsp3) is 0.500. The third-order valence-electron chi connectivity index (χ3n) is 2.66. The second kappa shape index (κ2) is 9.67. The molecule has 1 heterocycles. The highest BCUT2D eigenvalue weighted by Gasteiger charge is 2.38. The van der Waals surface area contributed by atoms with Crippen LogP contribution in [0, 0.1) is 0 Å². The van der Waals surface area contributed by atoms with Crippen molar-refractivity contribution in [1.29, 1.82) is 0 Å². The fourth-order valence-electron chi connectivity index (χ4n) is 1.56. The molecule has 0 aliphatic heterocycles. The zero-order valence-corrected chi connectivity index (χ0v) is 14.1. The van der Waals surface area contributed by atoms with Gasteiger partial charge in [-0.25, -0.2) is 5.84 Å². The topological polar surface area (TPSA) is 102 Å². The Hall–Kier alpha value is -2.56. The lowest BCUT2D eigenvalue weighted by Gasteiger charge is -2.17. The third kappa shape index (κ3) is 8.20. The highest BCUT2D eigenvalue weighted by atomic mass is 19.4. The highest BCUT2D eigenvalue weighted by Crippen LogP contribution is 2.26. The number of alkyl halides is 3. The quantitative estimate of drug-likeness (QED) is 0.228. The first-order valence-corrected chi connectivity index (χ1v) is 7.34. The van der Waals surface area contributed by atoms with Crippen molar-refractivity contribution < 1.29 is 22.3 Å². The number of hydrogen-bond donors (Lipinski definition) is 2. The summed E-state index contributed by atoms with van der Waals surface area (Å²) in [7, 11) is 1.56. The standard InChI is InChI=1S/C14H21F3N6O2/c1-10(2)25-12(19-3)5-4-11(14(15,16)17)20-8-23(18)7-6-13-22-21-9-24-13/h5-11,19H,4,18H2,1-3H3/b7-6-,12-5+,20-8?. The normalized spacial score (nSPS) is 14.5. The predicted octanol–water partition coefficient (Wildman–Crippen LogP) is 2.05. The Kier molecular flexibility index (Phi) is 7.92. The van der Waals surface area contributed by atoms with Crippen molar-refractivity contribution in [1.82, 2.24) is 20.5 Å². The van der Waals surface area contributed by atoms with E-state index in [9.17, 15) is 13.2 Å². The van der Waals surface area contributed by atoms with Crippen LogP contribution < -0.4 is 11.2 Å². The van der Waals surface area contributed by atoms with Crippen molar-refractivity contribution in [2.24, 2.45) is 10.8 Å². The number of nitrogens with zero attached hydrogens (tertiary/aromatic N) is 4. The summed E-state index contributed by atoms with van der Waals surface area (Å²) in [4.78, 5) is 3.49. The summed E-state index contributed by atoms with van der Waals surface area (Å²) in [6.45, 7) is 3.54. The van der Waals surface area contributed by atoms with E-state index in [-0.39, 0.29) is 17.9 Å². The van der Waals surface area contributed by atoms with Crippen LogP contribution in [0.4, 0.5) is 13.2 Å². The Bertz CT molecular complexity index is 584. The summed E-state index contributed by atoms with van der Waals surface area (Å²) in [5.74, 6) is 5.92. The molecule has 11 heteroatoms. The molecule has 0 amide bonds. The Morgan fingerprint density at radius 2 is 2.24 bits per heavy atom. The third-order valence-corrected chi connectivity index (χ3v) is 2.66. The molecular weight excluding hydrogens is 341 g/mol. The number of halogens is 3. The van der Waals surface area contributed by atoms with Gasteiger partial charge in [-0.2, -0.15) is 13.2 Å². The van der Waals surface area contributed by atoms with E-state index in [1.807, 2.05) is 0 Å². The van der Waals surface area contributed by atoms with E-state index in [1.165, 1.54) is 18.4 Å². The monoisotopic (exact) mass is 362 g/mol. The molecule has 1 unspecified atom stereocenters. The first-order valence-electron chi connectivity index (χ1n) is 7.34. The average Bonchev–Trinajstić information content (AvgIpc) is 3.03. The van der Waals surface area contributed by atoms with E-state index in [4.69, 9.17) is 15.0 Å². The van der Waals surface area contributed by atoms with Gasteiger partial charge in [0, 0.05) is 25.7 Å². The molecule has 0 spiro atoms. The van der Waals surface area contributed by atoms with E-state index in [1.54, 1.807) is 20.9 Å². The van der Waals surface area contributed by atoms with E-state index in [0.29, 0.717) is 0 Å². The van der Waals surface area contributed by atoms with Crippen LogP contribution in [-0.4, -0.2) is 46.9 Å². The van der Waals surface area contributed by atoms with E-state index in [0.717, 1.165) is 17.7 Å². The van der Waals surface area contributed by atoms with Gasteiger partial charge in [-0.05, 0) is 19.9 Å². The molecule has 1 rings (SSSR count). The van der Waals surface area contributed by atoms with Crippen LogP contribution in [0.15, 0.2) is 34.0 Å². The van der Waals surface area contributed by atoms with Gasteiger partial charge >= 0.3 is 6.18 Å². The average molecular weight is 362 g/mol. The molecule has 1 atom stereocenters. The number of aromatic nitrogens is 2. The van der Waals surface area contributed by atoms with Crippen LogP contribution in [-0.2, 0) is 4.74 Å². The number of ether oxygens (including phenoxy) is 1. The van der Waals surface area contributed by atoms with Gasteiger partial charge in [0.05, 0.1) is 6.10 Å². The summed E-state index contributed by atoms with van der Waals surface area (Å²) in [5.41, 5.74) is 0. The molecule has 0 saturated carbocycles. The Morgan fingerprint density at radius 1 is 1.52 bits per heavy atom. The molecule has 0 bridgehead atoms. The van der Waals surface area contributed by atoms with Gasteiger partial charge in [0.1, 0.15) is 6.34 Å². The molecule has 0 aliphatic rings. The van der Waals surface area contributed by atoms with Gasteiger partial charge < -0.3 is 14.5 Å². The van der Waals surface area contributed by atoms with Crippen molar-refractivity contribution >= 4 is 12.4 Å². The van der Waals surface area contributed by atoms with Gasteiger partial charge in [-0.3, -0.25) is 10.0 Å². The zero-order chi connectivity index (χ0) is 18.9. The molecule has 140 valence electrons. The molecule has 1 aromatic heterocycles. The lowest BCUT2D eigenvalue weighted by Crippen LogP contribution is -2.30. The maximum atomic E-state index is 13.1. The summed E-state index contributed by atoms with van der Waals surface area (Å²) >= 11 is 0. The number of rotatable bonds is 9. The number of aliphatic imine (C=N–C) groups is 1. The summed E-state index contributed by atoms with van der Waals surface area (Å²) < 4.78 is 49.4. The number of hydrogen-bond acceptors (Lipinski definition) is 7. The highest BCUT2D eigenvalue weighted by molar-refractivity contribution is 5.58. The predicted molar refractivity (Wildman–Crippen MR) is 85.7 cm³/mol. The van der Waals surface area contributed by atoms with Crippen molar-refractivity contribution in [2.45, 2.75) is 38.6 Å². The van der Waals surface area contributed by atoms with Crippen molar-refractivity contribution in [3.05, 3.63) is 30.4 Å². The van der Waals surface area contributed by atoms with Gasteiger partial charge in [0.15, 0.2) is 11.9 Å². The Labute approximate surface area is 143 Å². The van der Waals surface area contributed by atoms with Crippen LogP contribution in [0.5, 0.6) is 0 Å². The lowest BCUT2D eigenvalue weighted by atomic mass is 10.2. The minimum absolute atomic E-state index is 0.156. The Morgan fingerprint density at radius 3 is 2.76 bits per heavy atom. The number of nitrogens with two attached hydrogens (primary N) is 1. The van der Waals surface area contributed by atoms with Crippen LogP contribution in [0.2, 0.25) is 0 Å². The lowest BCUT2D eigenvalue weighted by molar-refractivity contribution is -0.146. The van der Waals surface area contributed by atoms with Gasteiger partial charge in [0.2, 0.25) is 12.3 Å². The van der Waals surface area contributed by atoms with Gasteiger partial charge in [-0.1, -0.05) is 0 Å². The molecule has 1 aromatic rings. The fourth-order valence-corrected chi connectivity index (χ4v) is 1.56. The minimum Gasteiger partial charge on any atom is -0.477 e. The molecule has 0 saturated heterocycles. The van der Waals surface area contributed by atoms with Crippen LogP contribution in [0.25, 0.3) is 6.08 Å². The molecule has 25 heavy (non-hydrogen) atoms. The molecule has 0 radical (unpaired) electrons. The SMILES string of the molecule is CN/C(=C\CC(N=CN(N)/C=C\c1nnco1)C(F)(F)F)OC(C)C. The summed E-state index contributed by atoms with van der Waals surface area (Å²) in [6.07, 6.45) is 0.745. The second-order valence-corrected chi connectivity index (χ2v) is 5.08. The van der Waals surface area contributed by atoms with Crippen LogP contribution in [0.1, 0.15) is 26.2 Å². The number of hydrazine groups is 1. The first-order chi connectivity index (χ1) is 11.7. The van der Waals surface area contributed by atoms with Crippen molar-refractivity contribution in [3.8, 4) is 0 Å². The van der Waals surface area contributed by atoms with Crippen molar-refractivity contribution in [2.75, 3.05) is 7.05 Å². The maximum Gasteiger partial charge on any atom is 0.411 e. The Balaban J connectivity index is 2.73.